The number of hydrogen-bond donors (Lipinski definition) is 4. The van der Waals surface area contributed by atoms with Gasteiger partial charge in [-0.1, -0.05) is 173 Å². The highest BCUT2D eigenvalue weighted by Gasteiger charge is 2.46. The van der Waals surface area contributed by atoms with Gasteiger partial charge in [0.25, 0.3) is 0 Å². The molecule has 0 aromatic heterocycles. The molecule has 0 saturated carbocycles. The van der Waals surface area contributed by atoms with Gasteiger partial charge in [0.1, 0.15) is 31.0 Å². The summed E-state index contributed by atoms with van der Waals surface area (Å²) in [4.78, 5) is 12.3. The lowest BCUT2D eigenvalue weighted by Crippen LogP contribution is -2.60. The van der Waals surface area contributed by atoms with Gasteiger partial charge in [0.15, 0.2) is 6.29 Å². The molecule has 2 aliphatic carbocycles. The van der Waals surface area contributed by atoms with E-state index in [0.29, 0.717) is 18.8 Å². The highest BCUT2D eigenvalue weighted by Crippen LogP contribution is 2.43. The maximum atomic E-state index is 12.3. The second kappa shape index (κ2) is 25.0. The van der Waals surface area contributed by atoms with Gasteiger partial charge in [0.05, 0.1) is 12.2 Å². The molecular weight excluding hydrogens is 777 g/mol. The van der Waals surface area contributed by atoms with Gasteiger partial charge in [0, 0.05) is 6.42 Å². The predicted molar refractivity (Wildman–Crippen MR) is 254 cm³/mol. The summed E-state index contributed by atoms with van der Waals surface area (Å²) in [5.41, 5.74) is 9.31. The number of unbranched alkanes of at least 4 members (excludes halogenated alkanes) is 1. The van der Waals surface area contributed by atoms with Gasteiger partial charge in [0.2, 0.25) is 0 Å². The van der Waals surface area contributed by atoms with E-state index < -0.39 is 30.7 Å². The molecule has 62 heavy (non-hydrogen) atoms. The van der Waals surface area contributed by atoms with Gasteiger partial charge >= 0.3 is 5.97 Å². The Labute approximate surface area is 374 Å². The Morgan fingerprint density at radius 2 is 1.19 bits per heavy atom. The average molecular weight is 857 g/mol. The van der Waals surface area contributed by atoms with Crippen LogP contribution < -0.4 is 0 Å². The van der Waals surface area contributed by atoms with E-state index in [0.717, 1.165) is 48.8 Å². The normalized spacial score (nSPS) is 28.3. The lowest BCUT2D eigenvalue weighted by molar-refractivity contribution is -0.313. The van der Waals surface area contributed by atoms with Crippen LogP contribution in [0.2, 0.25) is 0 Å². The molecule has 0 spiro atoms. The fraction of sp³-hybridized carbons (Fsp3) is 0.574. The van der Waals surface area contributed by atoms with Gasteiger partial charge in [-0.05, 0) is 102 Å². The fourth-order valence-corrected chi connectivity index (χ4v) is 8.62. The van der Waals surface area contributed by atoms with Gasteiger partial charge in [-0.15, -0.1) is 0 Å². The smallest absolute Gasteiger partial charge is 0.305 e. The van der Waals surface area contributed by atoms with E-state index in [4.69, 9.17) is 14.2 Å². The van der Waals surface area contributed by atoms with Crippen LogP contribution in [-0.4, -0.2) is 75.9 Å². The summed E-state index contributed by atoms with van der Waals surface area (Å²) < 4.78 is 17.6. The van der Waals surface area contributed by atoms with E-state index in [1.807, 2.05) is 6.08 Å². The number of hydrogen-bond acceptors (Lipinski definition) is 8. The van der Waals surface area contributed by atoms with Crippen LogP contribution in [0.4, 0.5) is 0 Å². The van der Waals surface area contributed by atoms with Gasteiger partial charge in [-0.25, -0.2) is 0 Å². The third-order valence-electron chi connectivity index (χ3n) is 12.0. The first-order valence-corrected chi connectivity index (χ1v) is 22.8. The van der Waals surface area contributed by atoms with Crippen LogP contribution in [0.1, 0.15) is 134 Å². The molecule has 0 bridgehead atoms. The molecule has 3 rings (SSSR count). The van der Waals surface area contributed by atoms with Crippen LogP contribution >= 0.6 is 0 Å². The lowest BCUT2D eigenvalue weighted by atomic mass is 9.71. The zero-order valence-electron chi connectivity index (χ0n) is 40.0. The molecule has 8 nitrogen and oxygen atoms in total. The largest absolute Gasteiger partial charge is 0.463 e. The average Bonchev–Trinajstić information content (AvgIpc) is 3.16. The van der Waals surface area contributed by atoms with Gasteiger partial charge in [-0.3, -0.25) is 4.79 Å². The zero-order valence-corrected chi connectivity index (χ0v) is 40.0. The highest BCUT2D eigenvalue weighted by atomic mass is 16.7. The number of rotatable bonds is 19. The Hall–Kier alpha value is -3.63. The SMILES string of the molecule is CC1=C(/C=C/C(C)=C/C=C/C(C)=C/C=C/C=C(C)/C=C/C=C(C)/C=C/C2=C(C)C[C@@H](OC3O[C@H](COC(=O)CCCCC(C)C)[C@@H](O)[C@H](O)[C@H]3O)CC2(C)C)C(C)(C)C[C@H](O)C1. The van der Waals surface area contributed by atoms with E-state index in [1.54, 1.807) is 0 Å². The second-order valence-corrected chi connectivity index (χ2v) is 19.6. The maximum absolute atomic E-state index is 12.3. The molecule has 7 atom stereocenters. The number of allylic oxidation sites excluding steroid dienone is 20. The summed E-state index contributed by atoms with van der Waals surface area (Å²) in [5.74, 6) is 0.199. The van der Waals surface area contributed by atoms with Gasteiger partial charge < -0.3 is 34.6 Å². The van der Waals surface area contributed by atoms with Crippen molar-refractivity contribution in [2.75, 3.05) is 6.61 Å². The van der Waals surface area contributed by atoms with Crippen molar-refractivity contribution in [1.82, 2.24) is 0 Å². The molecule has 4 N–H and O–H groups in total. The molecule has 1 aliphatic heterocycles. The lowest BCUT2D eigenvalue weighted by Gasteiger charge is -2.43. The Morgan fingerprint density at radius 1 is 0.694 bits per heavy atom. The summed E-state index contributed by atoms with van der Waals surface area (Å²) in [6.45, 7) is 25.4. The minimum Gasteiger partial charge on any atom is -0.463 e. The number of carbonyl (C=O) groups is 1. The van der Waals surface area contributed by atoms with E-state index in [-0.39, 0.29) is 42.0 Å². The first-order chi connectivity index (χ1) is 29.1. The quantitative estimate of drug-likeness (QED) is 0.0575. The third-order valence-corrected chi connectivity index (χ3v) is 12.0. The number of aliphatic hydroxyl groups excluding tert-OH is 4. The van der Waals surface area contributed by atoms with E-state index in [2.05, 4.69) is 162 Å². The van der Waals surface area contributed by atoms with Crippen molar-refractivity contribution in [3.63, 3.8) is 0 Å². The van der Waals surface area contributed by atoms with Crippen LogP contribution in [0.5, 0.6) is 0 Å². The van der Waals surface area contributed by atoms with Crippen LogP contribution in [0.15, 0.2) is 130 Å². The van der Waals surface area contributed by atoms with Crippen LogP contribution in [-0.2, 0) is 19.0 Å². The summed E-state index contributed by atoms with van der Waals surface area (Å²) in [5, 5.41) is 42.2. The van der Waals surface area contributed by atoms with Gasteiger partial charge in [-0.2, -0.15) is 0 Å². The Kier molecular flexibility index (Phi) is 21.3. The topological polar surface area (TPSA) is 126 Å². The molecule has 3 aliphatic rings. The minimum atomic E-state index is -1.50. The molecule has 0 aromatic rings. The Morgan fingerprint density at radius 3 is 1.71 bits per heavy atom. The van der Waals surface area contributed by atoms with Crippen molar-refractivity contribution in [2.24, 2.45) is 16.7 Å². The molecule has 1 fully saturated rings. The van der Waals surface area contributed by atoms with Crippen molar-refractivity contribution < 1.29 is 39.4 Å². The van der Waals surface area contributed by atoms with E-state index >= 15 is 0 Å². The van der Waals surface area contributed by atoms with Crippen molar-refractivity contribution in [1.29, 1.82) is 0 Å². The molecule has 344 valence electrons. The fourth-order valence-electron chi connectivity index (χ4n) is 8.62. The molecular formula is C54H80O8. The summed E-state index contributed by atoms with van der Waals surface area (Å²) >= 11 is 0. The van der Waals surface area contributed by atoms with Crippen molar-refractivity contribution in [2.45, 2.75) is 177 Å². The predicted octanol–water partition coefficient (Wildman–Crippen LogP) is 11.1. The molecule has 8 heteroatoms. The first-order valence-electron chi connectivity index (χ1n) is 22.8. The standard InChI is InChI=1S/C54H80O8/c1-36(2)19-13-16-26-48(56)60-35-47-49(57)50(58)51(59)52(62-47)61-44-32-42(8)46(54(11,12)34-44)30-28-40(6)25-18-23-38(4)21-15-14-20-37(3)22-17-24-39(5)27-29-45-41(7)31-43(55)33-53(45,9)10/h14-15,17-18,20-25,27-30,36,43-44,47,49-52,55,57-59H,13,16,19,26,31-35H2,1-12H3/b15-14+,22-17+,23-18+,29-27+,30-28+,37-20+,38-21+,39-24+,40-25+/t43-,44-,47-,49-,50+,51-,52?/m1/s1. The molecule has 1 heterocycles. The van der Waals surface area contributed by atoms with Crippen molar-refractivity contribution in [3.8, 4) is 0 Å². The Balaban J connectivity index is 1.51. The maximum Gasteiger partial charge on any atom is 0.305 e. The second-order valence-electron chi connectivity index (χ2n) is 19.6. The Bertz CT molecular complexity index is 1840. The van der Waals surface area contributed by atoms with Crippen LogP contribution in [0.3, 0.4) is 0 Å². The minimum absolute atomic E-state index is 0.0221. The van der Waals surface area contributed by atoms with Crippen LogP contribution in [0, 0.1) is 16.7 Å². The summed E-state index contributed by atoms with van der Waals surface area (Å²) in [6, 6.07) is 0. The molecule has 0 aromatic carbocycles. The van der Waals surface area contributed by atoms with E-state index in [1.165, 1.54) is 27.9 Å². The number of ether oxygens (including phenoxy) is 3. The molecule has 1 unspecified atom stereocenters. The van der Waals surface area contributed by atoms with Crippen molar-refractivity contribution >= 4 is 5.97 Å². The number of aliphatic hydroxyl groups is 4. The molecule has 0 amide bonds. The molecule has 0 radical (unpaired) electrons. The van der Waals surface area contributed by atoms with Crippen LogP contribution in [0.25, 0.3) is 0 Å². The monoisotopic (exact) mass is 857 g/mol. The third kappa shape index (κ3) is 17.5. The highest BCUT2D eigenvalue weighted by molar-refractivity contribution is 5.69. The number of carbonyl (C=O) groups excluding carboxylic acids is 1. The van der Waals surface area contributed by atoms with Crippen molar-refractivity contribution in [3.05, 3.63) is 130 Å². The molecule has 1 saturated heterocycles. The number of esters is 1. The zero-order chi connectivity index (χ0) is 46.2. The summed E-state index contributed by atoms with van der Waals surface area (Å²) in [6.07, 6.45) is 28.2. The summed E-state index contributed by atoms with van der Waals surface area (Å²) in [7, 11) is 0. The first kappa shape index (κ1) is 52.7. The van der Waals surface area contributed by atoms with E-state index in [9.17, 15) is 25.2 Å².